The van der Waals surface area contributed by atoms with Crippen LogP contribution in [0, 0.1) is 0 Å². The van der Waals surface area contributed by atoms with Crippen molar-refractivity contribution in [2.45, 2.75) is 0 Å². The van der Waals surface area contributed by atoms with Crippen LogP contribution in [0.25, 0.3) is 104 Å². The second-order valence-corrected chi connectivity index (χ2v) is 13.7. The van der Waals surface area contributed by atoms with E-state index in [1.807, 2.05) is 12.1 Å². The van der Waals surface area contributed by atoms with Gasteiger partial charge in [0.15, 0.2) is 0 Å². The molecule has 0 saturated heterocycles. The van der Waals surface area contributed by atoms with E-state index in [-0.39, 0.29) is 0 Å². The first-order valence-electron chi connectivity index (χ1n) is 18.1. The van der Waals surface area contributed by atoms with E-state index in [1.54, 1.807) is 0 Å². The molecule has 3 nitrogen and oxygen atoms in total. The van der Waals surface area contributed by atoms with Crippen LogP contribution in [0.4, 0.5) is 0 Å². The first kappa shape index (κ1) is 29.6. The standard InChI is InChI=1S/C50H31N3/c1-3-16-34(17-4-1)48-49(35-18-5-2-6-19-35)52-50-41(24-13-25-42(50)51-48)39-28-31-43(40-23-12-11-22-38(39)40)53-44-29-26-32-14-7-9-20-36(32)46(44)47-37-21-10-8-15-33(37)27-30-45(47)53/h1-31H. The average molecular weight is 674 g/mol. The molecule has 53 heavy (non-hydrogen) atoms. The smallest absolute Gasteiger partial charge is 0.0973 e. The van der Waals surface area contributed by atoms with E-state index < -0.39 is 0 Å². The molecule has 0 atom stereocenters. The second kappa shape index (κ2) is 11.7. The molecule has 0 spiro atoms. The highest BCUT2D eigenvalue weighted by Gasteiger charge is 2.21. The maximum absolute atomic E-state index is 5.45. The highest BCUT2D eigenvalue weighted by Crippen LogP contribution is 2.43. The van der Waals surface area contributed by atoms with E-state index in [9.17, 15) is 0 Å². The number of aromatic nitrogens is 3. The zero-order valence-corrected chi connectivity index (χ0v) is 28.7. The number of fused-ring (bicyclic) bond motifs is 9. The number of para-hydroxylation sites is 1. The van der Waals surface area contributed by atoms with Gasteiger partial charge in [0.1, 0.15) is 0 Å². The highest BCUT2D eigenvalue weighted by atomic mass is 15.0. The van der Waals surface area contributed by atoms with Gasteiger partial charge >= 0.3 is 0 Å². The summed E-state index contributed by atoms with van der Waals surface area (Å²) < 4.78 is 2.47. The van der Waals surface area contributed by atoms with Gasteiger partial charge in [0.25, 0.3) is 0 Å². The molecule has 0 amide bonds. The van der Waals surface area contributed by atoms with Crippen molar-refractivity contribution >= 4 is 65.2 Å². The lowest BCUT2D eigenvalue weighted by molar-refractivity contribution is 1.20. The third kappa shape index (κ3) is 4.54. The Hall–Kier alpha value is -7.10. The van der Waals surface area contributed by atoms with E-state index in [0.29, 0.717) is 0 Å². The summed E-state index contributed by atoms with van der Waals surface area (Å²) >= 11 is 0. The number of benzene rings is 9. The molecule has 11 rings (SSSR count). The van der Waals surface area contributed by atoms with Gasteiger partial charge in [-0.2, -0.15) is 0 Å². The number of hydrogen-bond acceptors (Lipinski definition) is 2. The SMILES string of the molecule is c1ccc(-c2nc3cccc(-c4ccc(-n5c6ccc7ccccc7c6c6c7ccccc7ccc65)c5ccccc45)c3nc2-c2ccccc2)cc1. The molecule has 0 aliphatic heterocycles. The van der Waals surface area contributed by atoms with Crippen molar-refractivity contribution in [1.29, 1.82) is 0 Å². The Labute approximate surface area is 306 Å². The van der Waals surface area contributed by atoms with Gasteiger partial charge in [-0.05, 0) is 56.8 Å². The molecule has 0 unspecified atom stereocenters. The topological polar surface area (TPSA) is 30.7 Å². The third-order valence-electron chi connectivity index (χ3n) is 10.8. The van der Waals surface area contributed by atoms with Crippen LogP contribution >= 0.6 is 0 Å². The summed E-state index contributed by atoms with van der Waals surface area (Å²) in [7, 11) is 0. The Kier molecular flexibility index (Phi) is 6.55. The molecular formula is C50H31N3. The lowest BCUT2D eigenvalue weighted by atomic mass is 9.95. The van der Waals surface area contributed by atoms with Gasteiger partial charge in [-0.15, -0.1) is 0 Å². The molecule has 3 heteroatoms. The van der Waals surface area contributed by atoms with Gasteiger partial charge in [0.2, 0.25) is 0 Å². The minimum absolute atomic E-state index is 0.871. The predicted molar refractivity (Wildman–Crippen MR) is 223 cm³/mol. The molecule has 0 N–H and O–H groups in total. The maximum atomic E-state index is 5.45. The Morgan fingerprint density at radius 2 is 0.868 bits per heavy atom. The van der Waals surface area contributed by atoms with Crippen LogP contribution in [0.1, 0.15) is 0 Å². The normalized spacial score (nSPS) is 11.8. The molecule has 246 valence electrons. The number of hydrogen-bond donors (Lipinski definition) is 0. The molecule has 0 bridgehead atoms. The fourth-order valence-electron chi connectivity index (χ4n) is 8.41. The van der Waals surface area contributed by atoms with Crippen molar-refractivity contribution < 1.29 is 0 Å². The summed E-state index contributed by atoms with van der Waals surface area (Å²) in [5.74, 6) is 0. The van der Waals surface area contributed by atoms with Crippen LogP contribution in [0.5, 0.6) is 0 Å². The molecule has 0 radical (unpaired) electrons. The third-order valence-corrected chi connectivity index (χ3v) is 10.8. The van der Waals surface area contributed by atoms with Crippen LogP contribution in [-0.2, 0) is 0 Å². The lowest BCUT2D eigenvalue weighted by Gasteiger charge is -2.17. The molecule has 0 saturated carbocycles. The van der Waals surface area contributed by atoms with Crippen LogP contribution in [0.15, 0.2) is 188 Å². The van der Waals surface area contributed by atoms with E-state index >= 15 is 0 Å². The summed E-state index contributed by atoms with van der Waals surface area (Å²) in [6.45, 7) is 0. The fourth-order valence-corrected chi connectivity index (χ4v) is 8.41. The van der Waals surface area contributed by atoms with Gasteiger partial charge < -0.3 is 4.57 Å². The zero-order valence-electron chi connectivity index (χ0n) is 28.7. The minimum Gasteiger partial charge on any atom is -0.309 e. The molecule has 0 fully saturated rings. The first-order valence-corrected chi connectivity index (χ1v) is 18.1. The van der Waals surface area contributed by atoms with E-state index in [2.05, 4.69) is 180 Å². The van der Waals surface area contributed by atoms with E-state index in [4.69, 9.17) is 9.97 Å². The van der Waals surface area contributed by atoms with E-state index in [1.165, 1.54) is 54.1 Å². The van der Waals surface area contributed by atoms with Crippen molar-refractivity contribution in [3.8, 4) is 39.3 Å². The zero-order chi connectivity index (χ0) is 34.9. The number of rotatable bonds is 4. The van der Waals surface area contributed by atoms with Crippen LogP contribution in [-0.4, -0.2) is 14.5 Å². The fraction of sp³-hybridized carbons (Fsp3) is 0. The Bertz CT molecular complexity index is 3120. The molecule has 9 aromatic carbocycles. The molecule has 2 heterocycles. The molecule has 11 aromatic rings. The summed E-state index contributed by atoms with van der Waals surface area (Å²) in [5, 5.41) is 9.95. The largest absolute Gasteiger partial charge is 0.309 e. The number of nitrogens with zero attached hydrogens (tertiary/aromatic N) is 3. The molecule has 0 aliphatic carbocycles. The van der Waals surface area contributed by atoms with Crippen molar-refractivity contribution in [1.82, 2.24) is 14.5 Å². The molecule has 2 aromatic heterocycles. The first-order chi connectivity index (χ1) is 26.3. The molecular weight excluding hydrogens is 643 g/mol. The van der Waals surface area contributed by atoms with Gasteiger partial charge in [0.05, 0.1) is 39.1 Å². The van der Waals surface area contributed by atoms with Crippen molar-refractivity contribution in [3.63, 3.8) is 0 Å². The predicted octanol–water partition coefficient (Wildman–Crippen LogP) is 13.2. The minimum atomic E-state index is 0.871. The van der Waals surface area contributed by atoms with Gasteiger partial charge in [0, 0.05) is 32.8 Å². The lowest BCUT2D eigenvalue weighted by Crippen LogP contribution is -1.98. The van der Waals surface area contributed by atoms with Gasteiger partial charge in [-0.3, -0.25) is 0 Å². The van der Waals surface area contributed by atoms with E-state index in [0.717, 1.165) is 50.4 Å². The highest BCUT2D eigenvalue weighted by molar-refractivity contribution is 6.29. The summed E-state index contributed by atoms with van der Waals surface area (Å²) in [6, 6.07) is 67.1. The van der Waals surface area contributed by atoms with Crippen molar-refractivity contribution in [3.05, 3.63) is 188 Å². The Morgan fingerprint density at radius 1 is 0.340 bits per heavy atom. The van der Waals surface area contributed by atoms with Gasteiger partial charge in [-0.25, -0.2) is 9.97 Å². The summed E-state index contributed by atoms with van der Waals surface area (Å²) in [4.78, 5) is 10.7. The second-order valence-electron chi connectivity index (χ2n) is 13.7. The van der Waals surface area contributed by atoms with Crippen molar-refractivity contribution in [2.24, 2.45) is 0 Å². The van der Waals surface area contributed by atoms with Crippen LogP contribution in [0.3, 0.4) is 0 Å². The maximum Gasteiger partial charge on any atom is 0.0973 e. The monoisotopic (exact) mass is 673 g/mol. The summed E-state index contributed by atoms with van der Waals surface area (Å²) in [6.07, 6.45) is 0. The summed E-state index contributed by atoms with van der Waals surface area (Å²) in [5.41, 5.74) is 11.4. The molecule has 0 aliphatic rings. The Balaban J connectivity index is 1.20. The quantitative estimate of drug-likeness (QED) is 0.186. The van der Waals surface area contributed by atoms with Crippen LogP contribution in [0.2, 0.25) is 0 Å². The Morgan fingerprint density at radius 3 is 1.49 bits per heavy atom. The average Bonchev–Trinajstić information content (AvgIpc) is 3.58. The van der Waals surface area contributed by atoms with Crippen LogP contribution < -0.4 is 0 Å². The van der Waals surface area contributed by atoms with Crippen molar-refractivity contribution in [2.75, 3.05) is 0 Å². The van der Waals surface area contributed by atoms with Gasteiger partial charge in [-0.1, -0.05) is 164 Å².